The van der Waals surface area contributed by atoms with Crippen molar-refractivity contribution in [1.29, 1.82) is 0 Å². The molecule has 0 amide bonds. The fraction of sp³-hybridized carbons (Fsp3) is 0.444. The second-order valence-electron chi connectivity index (χ2n) is 10.0. The lowest BCUT2D eigenvalue weighted by Gasteiger charge is -2.42. The van der Waals surface area contributed by atoms with E-state index in [2.05, 4.69) is 58.1 Å². The lowest BCUT2D eigenvalue weighted by atomic mass is 10.0. The predicted octanol–water partition coefficient (Wildman–Crippen LogP) is 2.49. The third-order valence-corrected chi connectivity index (χ3v) is 9.05. The van der Waals surface area contributed by atoms with Crippen LogP contribution < -0.4 is 25.0 Å². The molecule has 3 aromatic rings. The van der Waals surface area contributed by atoms with E-state index in [0.29, 0.717) is 29.1 Å². The molecule has 5 rings (SSSR count). The van der Waals surface area contributed by atoms with Gasteiger partial charge in [0.05, 0.1) is 18.5 Å². The smallest absolute Gasteiger partial charge is 0.242 e. The molecule has 1 aromatic heterocycles. The van der Waals surface area contributed by atoms with Gasteiger partial charge in [0.25, 0.3) is 0 Å². The first-order valence-electron chi connectivity index (χ1n) is 13.5. The van der Waals surface area contributed by atoms with Gasteiger partial charge >= 0.3 is 0 Å². The number of anilines is 5. The third-order valence-electron chi connectivity index (χ3n) is 7.58. The highest BCUT2D eigenvalue weighted by Gasteiger charge is 2.27. The number of piperidine rings is 1. The van der Waals surface area contributed by atoms with Crippen LogP contribution in [0.3, 0.4) is 0 Å². The Morgan fingerprint density at radius 1 is 0.900 bits per heavy atom. The maximum Gasteiger partial charge on any atom is 0.242 e. The molecule has 40 heavy (non-hydrogen) atoms. The summed E-state index contributed by atoms with van der Waals surface area (Å²) in [6, 6.07) is 13.3. The second-order valence-corrected chi connectivity index (χ2v) is 11.9. The van der Waals surface area contributed by atoms with Gasteiger partial charge in [-0.25, -0.2) is 23.1 Å². The highest BCUT2D eigenvalue weighted by Crippen LogP contribution is 2.33. The van der Waals surface area contributed by atoms with E-state index in [9.17, 15) is 8.42 Å². The quantitative estimate of drug-likeness (QED) is 0.353. The summed E-state index contributed by atoms with van der Waals surface area (Å²) in [7, 11) is 1.54. The molecule has 3 heterocycles. The van der Waals surface area contributed by atoms with Crippen molar-refractivity contribution in [2.24, 2.45) is 0 Å². The molecule has 2 saturated heterocycles. The van der Waals surface area contributed by atoms with E-state index in [1.165, 1.54) is 19.4 Å². The van der Waals surface area contributed by atoms with Crippen LogP contribution in [0.15, 0.2) is 53.7 Å². The van der Waals surface area contributed by atoms with E-state index in [1.807, 2.05) is 12.1 Å². The standard InChI is InChI=1S/C27H37N9O3S/c1-28-40(37,38)25-7-5-4-6-23(25)32-27-30-19-29-26(33-27)31-22-9-8-21(18-24(22)39-3)35-12-10-20(11-13-35)36-16-14-34(2)15-17-36/h4-9,18-20,28H,10-17H2,1-3H3,(H2,29,30,31,32,33). The Morgan fingerprint density at radius 2 is 1.57 bits per heavy atom. The van der Waals surface area contributed by atoms with Crippen LogP contribution in [-0.2, 0) is 10.0 Å². The molecular formula is C27H37N9O3S. The molecule has 2 fully saturated rings. The van der Waals surface area contributed by atoms with Gasteiger partial charge in [0.15, 0.2) is 0 Å². The molecule has 214 valence electrons. The van der Waals surface area contributed by atoms with Gasteiger partial charge in [0, 0.05) is 57.1 Å². The lowest BCUT2D eigenvalue weighted by Crippen LogP contribution is -2.52. The largest absolute Gasteiger partial charge is 0.494 e. The van der Waals surface area contributed by atoms with Gasteiger partial charge in [0.1, 0.15) is 17.0 Å². The van der Waals surface area contributed by atoms with Crippen molar-refractivity contribution in [3.8, 4) is 5.75 Å². The Kier molecular flexibility index (Phi) is 8.64. The van der Waals surface area contributed by atoms with E-state index in [4.69, 9.17) is 4.74 Å². The molecule has 12 nitrogen and oxygen atoms in total. The van der Waals surface area contributed by atoms with Crippen molar-refractivity contribution in [2.75, 3.05) is 76.0 Å². The van der Waals surface area contributed by atoms with Crippen molar-refractivity contribution in [3.05, 3.63) is 48.8 Å². The Hall–Kier alpha value is -3.52. The van der Waals surface area contributed by atoms with Crippen molar-refractivity contribution < 1.29 is 13.2 Å². The van der Waals surface area contributed by atoms with Gasteiger partial charge in [-0.1, -0.05) is 12.1 Å². The highest BCUT2D eigenvalue weighted by molar-refractivity contribution is 7.89. The zero-order valence-electron chi connectivity index (χ0n) is 23.2. The number of methoxy groups -OCH3 is 1. The molecule has 0 aliphatic carbocycles. The average Bonchev–Trinajstić information content (AvgIpc) is 2.98. The van der Waals surface area contributed by atoms with Crippen LogP contribution in [-0.4, -0.2) is 99.7 Å². The Bertz CT molecular complexity index is 1410. The van der Waals surface area contributed by atoms with E-state index in [1.54, 1.807) is 25.3 Å². The van der Waals surface area contributed by atoms with Gasteiger partial charge in [-0.15, -0.1) is 0 Å². The van der Waals surface area contributed by atoms with Gasteiger partial charge in [-0.3, -0.25) is 4.90 Å². The van der Waals surface area contributed by atoms with E-state index in [-0.39, 0.29) is 10.8 Å². The lowest BCUT2D eigenvalue weighted by molar-refractivity contribution is 0.0982. The molecule has 2 aromatic carbocycles. The van der Waals surface area contributed by atoms with Gasteiger partial charge < -0.3 is 25.2 Å². The monoisotopic (exact) mass is 567 g/mol. The number of hydrogen-bond acceptors (Lipinski definition) is 11. The summed E-state index contributed by atoms with van der Waals surface area (Å²) in [5.41, 5.74) is 2.20. The predicted molar refractivity (Wildman–Crippen MR) is 156 cm³/mol. The first-order valence-corrected chi connectivity index (χ1v) is 15.0. The summed E-state index contributed by atoms with van der Waals surface area (Å²) >= 11 is 0. The van der Waals surface area contributed by atoms with Crippen LogP contribution >= 0.6 is 0 Å². The molecular weight excluding hydrogens is 530 g/mol. The topological polar surface area (TPSA) is 128 Å². The fourth-order valence-corrected chi connectivity index (χ4v) is 6.11. The first-order chi connectivity index (χ1) is 19.4. The molecule has 2 aliphatic rings. The summed E-state index contributed by atoms with van der Waals surface area (Å²) in [5, 5.41) is 6.19. The molecule has 2 aliphatic heterocycles. The SMILES string of the molecule is CNS(=O)(=O)c1ccccc1Nc1ncnc(Nc2ccc(N3CCC(N4CCN(C)CC4)CC3)cc2OC)n1. The normalized spacial score (nSPS) is 17.5. The molecule has 0 bridgehead atoms. The number of sulfonamides is 1. The first kappa shape index (κ1) is 28.0. The van der Waals surface area contributed by atoms with E-state index < -0.39 is 10.0 Å². The maximum atomic E-state index is 12.4. The average molecular weight is 568 g/mol. The Labute approximate surface area is 235 Å². The van der Waals surface area contributed by atoms with Crippen LogP contribution in [0.1, 0.15) is 12.8 Å². The van der Waals surface area contributed by atoms with E-state index >= 15 is 0 Å². The zero-order valence-corrected chi connectivity index (χ0v) is 24.0. The number of aromatic nitrogens is 3. The van der Waals surface area contributed by atoms with Gasteiger partial charge in [0.2, 0.25) is 21.9 Å². The summed E-state index contributed by atoms with van der Waals surface area (Å²) in [4.78, 5) is 20.4. The minimum atomic E-state index is -3.67. The fourth-order valence-electron chi connectivity index (χ4n) is 5.23. The number of piperazine rings is 1. The van der Waals surface area contributed by atoms with Crippen molar-refractivity contribution >= 4 is 39.0 Å². The summed E-state index contributed by atoms with van der Waals surface area (Å²) in [5.74, 6) is 1.18. The van der Waals surface area contributed by atoms with Gasteiger partial charge in [-0.2, -0.15) is 4.98 Å². The van der Waals surface area contributed by atoms with Crippen LogP contribution in [0, 0.1) is 0 Å². The van der Waals surface area contributed by atoms with Crippen LogP contribution in [0.5, 0.6) is 5.75 Å². The molecule has 0 spiro atoms. The number of ether oxygens (including phenoxy) is 1. The zero-order chi connectivity index (χ0) is 28.1. The van der Waals surface area contributed by atoms with Crippen LogP contribution in [0.4, 0.5) is 29.0 Å². The van der Waals surface area contributed by atoms with Crippen molar-refractivity contribution in [3.63, 3.8) is 0 Å². The number of benzene rings is 2. The molecule has 0 unspecified atom stereocenters. The molecule has 0 saturated carbocycles. The van der Waals surface area contributed by atoms with Crippen molar-refractivity contribution in [1.82, 2.24) is 29.5 Å². The molecule has 0 radical (unpaired) electrons. The molecule has 0 atom stereocenters. The third kappa shape index (κ3) is 6.44. The number of para-hydroxylation sites is 1. The number of nitrogens with one attached hydrogen (secondary N) is 3. The number of hydrogen-bond donors (Lipinski definition) is 3. The minimum Gasteiger partial charge on any atom is -0.494 e. The summed E-state index contributed by atoms with van der Waals surface area (Å²) in [6.45, 7) is 6.64. The minimum absolute atomic E-state index is 0.0947. The number of nitrogens with zero attached hydrogens (tertiary/aromatic N) is 6. The number of rotatable bonds is 9. The molecule has 3 N–H and O–H groups in total. The highest BCUT2D eigenvalue weighted by atomic mass is 32.2. The second kappa shape index (κ2) is 12.3. The van der Waals surface area contributed by atoms with Crippen LogP contribution in [0.2, 0.25) is 0 Å². The maximum absolute atomic E-state index is 12.4. The summed E-state index contributed by atoms with van der Waals surface area (Å²) < 4.78 is 32.8. The van der Waals surface area contributed by atoms with Crippen molar-refractivity contribution in [2.45, 2.75) is 23.8 Å². The Balaban J connectivity index is 1.25. The molecule has 13 heteroatoms. The Morgan fingerprint density at radius 3 is 2.25 bits per heavy atom. The van der Waals surface area contributed by atoms with Crippen LogP contribution in [0.25, 0.3) is 0 Å². The van der Waals surface area contributed by atoms with Gasteiger partial charge in [-0.05, 0) is 51.2 Å². The van der Waals surface area contributed by atoms with E-state index in [0.717, 1.165) is 57.8 Å². The number of likely N-dealkylation sites (N-methyl/N-ethyl adjacent to an activating group) is 1. The summed E-state index contributed by atoms with van der Waals surface area (Å²) in [6.07, 6.45) is 3.68.